The molecule has 1 heterocycles. The van der Waals surface area contributed by atoms with Gasteiger partial charge in [-0.1, -0.05) is 32.0 Å². The summed E-state index contributed by atoms with van der Waals surface area (Å²) in [5.74, 6) is 2.17. The van der Waals surface area contributed by atoms with Crippen molar-refractivity contribution in [3.63, 3.8) is 0 Å². The van der Waals surface area contributed by atoms with Crippen LogP contribution in [0.2, 0.25) is 0 Å². The highest BCUT2D eigenvalue weighted by Crippen LogP contribution is 2.33. The molecule has 3 aromatic rings. The normalized spacial score (nSPS) is 13.1. The number of aromatic nitrogens is 2. The Hall–Kier alpha value is -2.87. The van der Waals surface area contributed by atoms with E-state index in [0.29, 0.717) is 37.9 Å². The number of para-hydroxylation sites is 1. The summed E-state index contributed by atoms with van der Waals surface area (Å²) in [7, 11) is 1.65. The standard InChI is InChI=1S/C28H39N3O4/c1-6-21(4)30(18-23(32)20-34-8-3)19-26-27(7-2)29-31(22-12-10-9-11-13-22)28(26)35-25-16-14-24(33-5)15-17-25/h9-17,21,23,32H,6-8,18-20H2,1-5H3/t21-,23+/m1/s1. The largest absolute Gasteiger partial charge is 0.497 e. The summed E-state index contributed by atoms with van der Waals surface area (Å²) < 4.78 is 19.1. The highest BCUT2D eigenvalue weighted by Gasteiger charge is 2.25. The van der Waals surface area contributed by atoms with E-state index in [1.54, 1.807) is 7.11 Å². The molecule has 0 fully saturated rings. The zero-order valence-electron chi connectivity index (χ0n) is 21.6. The summed E-state index contributed by atoms with van der Waals surface area (Å²) >= 11 is 0. The molecule has 0 radical (unpaired) electrons. The second kappa shape index (κ2) is 13.3. The van der Waals surface area contributed by atoms with Gasteiger partial charge in [-0.25, -0.2) is 4.68 Å². The van der Waals surface area contributed by atoms with Crippen LogP contribution in [0.3, 0.4) is 0 Å². The Morgan fingerprint density at radius 2 is 1.69 bits per heavy atom. The first-order valence-electron chi connectivity index (χ1n) is 12.5. The van der Waals surface area contributed by atoms with Crippen LogP contribution in [0.5, 0.6) is 17.4 Å². The predicted octanol–water partition coefficient (Wildman–Crippen LogP) is 5.23. The molecule has 1 aromatic heterocycles. The molecular weight excluding hydrogens is 442 g/mol. The minimum atomic E-state index is -0.566. The van der Waals surface area contributed by atoms with Gasteiger partial charge in [0, 0.05) is 25.7 Å². The second-order valence-electron chi connectivity index (χ2n) is 8.61. The fraction of sp³-hybridized carbons (Fsp3) is 0.464. The number of rotatable bonds is 14. The van der Waals surface area contributed by atoms with Crippen LogP contribution in [-0.2, 0) is 17.7 Å². The number of aliphatic hydroxyl groups excluding tert-OH is 1. The lowest BCUT2D eigenvalue weighted by Crippen LogP contribution is -2.40. The van der Waals surface area contributed by atoms with E-state index in [-0.39, 0.29) is 6.04 Å². The van der Waals surface area contributed by atoms with E-state index in [2.05, 4.69) is 25.7 Å². The van der Waals surface area contributed by atoms with Crippen LogP contribution in [0.1, 0.15) is 45.4 Å². The van der Waals surface area contributed by atoms with Gasteiger partial charge in [-0.2, -0.15) is 5.10 Å². The molecule has 2 aromatic carbocycles. The van der Waals surface area contributed by atoms with Crippen molar-refractivity contribution in [2.75, 3.05) is 26.9 Å². The van der Waals surface area contributed by atoms with Gasteiger partial charge in [0.2, 0.25) is 5.88 Å². The molecule has 3 rings (SSSR count). The summed E-state index contributed by atoms with van der Waals surface area (Å²) in [4.78, 5) is 2.29. The number of hydrogen-bond acceptors (Lipinski definition) is 6. The van der Waals surface area contributed by atoms with Gasteiger partial charge in [0.1, 0.15) is 11.5 Å². The Bertz CT molecular complexity index is 1020. The monoisotopic (exact) mass is 481 g/mol. The maximum atomic E-state index is 10.6. The van der Waals surface area contributed by atoms with Crippen molar-refractivity contribution in [2.24, 2.45) is 0 Å². The highest BCUT2D eigenvalue weighted by molar-refractivity contribution is 5.44. The molecule has 0 bridgehead atoms. The van der Waals surface area contributed by atoms with Crippen molar-refractivity contribution in [1.29, 1.82) is 0 Å². The van der Waals surface area contributed by atoms with Gasteiger partial charge in [-0.3, -0.25) is 4.90 Å². The fourth-order valence-corrected chi connectivity index (χ4v) is 3.96. The number of hydrogen-bond donors (Lipinski definition) is 1. The topological polar surface area (TPSA) is 69.0 Å². The Labute approximate surface area is 209 Å². The number of aryl methyl sites for hydroxylation is 1. The zero-order chi connectivity index (χ0) is 25.2. The third-order valence-electron chi connectivity index (χ3n) is 6.16. The summed E-state index contributed by atoms with van der Waals surface area (Å²) in [5.41, 5.74) is 2.93. The summed E-state index contributed by atoms with van der Waals surface area (Å²) in [6.45, 7) is 10.4. The molecule has 0 amide bonds. The second-order valence-corrected chi connectivity index (χ2v) is 8.61. The van der Waals surface area contributed by atoms with Gasteiger partial charge < -0.3 is 19.3 Å². The molecule has 2 atom stereocenters. The Morgan fingerprint density at radius 3 is 2.29 bits per heavy atom. The van der Waals surface area contributed by atoms with E-state index in [9.17, 15) is 5.11 Å². The molecule has 7 nitrogen and oxygen atoms in total. The first kappa shape index (κ1) is 26.7. The number of methoxy groups -OCH3 is 1. The average molecular weight is 482 g/mol. The van der Waals surface area contributed by atoms with Crippen molar-refractivity contribution in [1.82, 2.24) is 14.7 Å². The average Bonchev–Trinajstić information content (AvgIpc) is 3.24. The van der Waals surface area contributed by atoms with E-state index in [1.807, 2.05) is 66.2 Å². The lowest BCUT2D eigenvalue weighted by Gasteiger charge is -2.30. The smallest absolute Gasteiger partial charge is 0.227 e. The highest BCUT2D eigenvalue weighted by atomic mass is 16.5. The minimum absolute atomic E-state index is 0.268. The first-order valence-corrected chi connectivity index (χ1v) is 12.5. The van der Waals surface area contributed by atoms with Crippen LogP contribution in [0.25, 0.3) is 5.69 Å². The van der Waals surface area contributed by atoms with Crippen LogP contribution in [-0.4, -0.2) is 58.8 Å². The molecule has 190 valence electrons. The Morgan fingerprint density at radius 1 is 1.00 bits per heavy atom. The van der Waals surface area contributed by atoms with Crippen molar-refractivity contribution in [3.05, 3.63) is 65.9 Å². The van der Waals surface area contributed by atoms with Crippen LogP contribution < -0.4 is 9.47 Å². The molecule has 1 N–H and O–H groups in total. The molecule has 7 heteroatoms. The quantitative estimate of drug-likeness (QED) is 0.340. The van der Waals surface area contributed by atoms with E-state index < -0.39 is 6.10 Å². The van der Waals surface area contributed by atoms with Crippen molar-refractivity contribution in [2.45, 2.75) is 59.2 Å². The van der Waals surface area contributed by atoms with Crippen molar-refractivity contribution in [3.8, 4) is 23.1 Å². The summed E-state index contributed by atoms with van der Waals surface area (Å²) in [6, 6.07) is 17.9. The number of nitrogens with zero attached hydrogens (tertiary/aromatic N) is 3. The van der Waals surface area contributed by atoms with E-state index in [0.717, 1.165) is 35.5 Å². The van der Waals surface area contributed by atoms with Gasteiger partial charge in [0.25, 0.3) is 0 Å². The fourth-order valence-electron chi connectivity index (χ4n) is 3.96. The SMILES string of the molecule is CCOC[C@@H](O)CN(Cc1c(CC)nn(-c2ccccc2)c1Oc1ccc(OC)cc1)[C@H](C)CC. The zero-order valence-corrected chi connectivity index (χ0v) is 21.6. The van der Waals surface area contributed by atoms with Crippen LogP contribution >= 0.6 is 0 Å². The maximum Gasteiger partial charge on any atom is 0.227 e. The third-order valence-corrected chi connectivity index (χ3v) is 6.16. The van der Waals surface area contributed by atoms with Crippen molar-refractivity contribution < 1.29 is 19.3 Å². The van der Waals surface area contributed by atoms with Crippen LogP contribution in [0.15, 0.2) is 54.6 Å². The molecule has 0 unspecified atom stereocenters. The predicted molar refractivity (Wildman–Crippen MR) is 139 cm³/mol. The number of aliphatic hydroxyl groups is 1. The first-order chi connectivity index (χ1) is 17.0. The van der Waals surface area contributed by atoms with Gasteiger partial charge in [0.15, 0.2) is 0 Å². The molecular formula is C28H39N3O4. The summed E-state index contributed by atoms with van der Waals surface area (Å²) in [5, 5.41) is 15.6. The summed E-state index contributed by atoms with van der Waals surface area (Å²) in [6.07, 6.45) is 1.16. The number of ether oxygens (including phenoxy) is 3. The molecule has 0 aliphatic heterocycles. The third kappa shape index (κ3) is 7.07. The molecule has 0 aliphatic rings. The molecule has 0 saturated carbocycles. The Kier molecular flexibility index (Phi) is 10.1. The molecule has 0 aliphatic carbocycles. The minimum Gasteiger partial charge on any atom is -0.497 e. The van der Waals surface area contributed by atoms with Crippen molar-refractivity contribution >= 4 is 0 Å². The van der Waals surface area contributed by atoms with Crippen LogP contribution in [0, 0.1) is 0 Å². The van der Waals surface area contributed by atoms with Gasteiger partial charge >= 0.3 is 0 Å². The molecule has 0 spiro atoms. The van der Waals surface area contributed by atoms with Gasteiger partial charge in [-0.15, -0.1) is 0 Å². The van der Waals surface area contributed by atoms with Crippen LogP contribution in [0.4, 0.5) is 0 Å². The van der Waals surface area contributed by atoms with E-state index >= 15 is 0 Å². The van der Waals surface area contributed by atoms with E-state index in [1.165, 1.54) is 0 Å². The van der Waals surface area contributed by atoms with Gasteiger partial charge in [-0.05, 0) is 63.1 Å². The lowest BCUT2D eigenvalue weighted by atomic mass is 10.1. The maximum absolute atomic E-state index is 10.6. The van der Waals surface area contributed by atoms with E-state index in [4.69, 9.17) is 19.3 Å². The lowest BCUT2D eigenvalue weighted by molar-refractivity contribution is 0.0111. The van der Waals surface area contributed by atoms with Gasteiger partial charge in [0.05, 0.1) is 36.8 Å². The number of benzene rings is 2. The molecule has 35 heavy (non-hydrogen) atoms. The molecule has 0 saturated heterocycles. The Balaban J connectivity index is 2.02.